The number of nitrogens with one attached hydrogen (secondary N) is 1. The van der Waals surface area contributed by atoms with Gasteiger partial charge in [-0.1, -0.05) is 43.3 Å². The third-order valence-electron chi connectivity index (χ3n) is 2.37. The Balaban J connectivity index is 2.30. The SMILES string of the molecule is CCNP(C)Oc1cccc2ccccc12. The predicted octanol–water partition coefficient (Wildman–Crippen LogP) is 3.77. The number of benzene rings is 2. The lowest BCUT2D eigenvalue weighted by atomic mass is 10.1. The van der Waals surface area contributed by atoms with Gasteiger partial charge in [0.15, 0.2) is 8.30 Å². The first kappa shape index (κ1) is 11.4. The van der Waals surface area contributed by atoms with Crippen molar-refractivity contribution in [1.82, 2.24) is 5.09 Å². The van der Waals surface area contributed by atoms with E-state index in [1.165, 1.54) is 10.8 Å². The lowest BCUT2D eigenvalue weighted by Gasteiger charge is -2.15. The molecule has 1 unspecified atom stereocenters. The van der Waals surface area contributed by atoms with Crippen LogP contribution in [0.15, 0.2) is 42.5 Å². The van der Waals surface area contributed by atoms with Crippen LogP contribution in [-0.2, 0) is 0 Å². The van der Waals surface area contributed by atoms with Crippen molar-refractivity contribution < 1.29 is 4.52 Å². The Labute approximate surface area is 97.5 Å². The van der Waals surface area contributed by atoms with Crippen LogP contribution in [0, 0.1) is 0 Å². The maximum absolute atomic E-state index is 5.92. The van der Waals surface area contributed by atoms with Gasteiger partial charge in [0.05, 0.1) is 0 Å². The van der Waals surface area contributed by atoms with Crippen LogP contribution in [0.1, 0.15) is 6.92 Å². The van der Waals surface area contributed by atoms with Crippen LogP contribution in [0.2, 0.25) is 0 Å². The molecule has 0 fully saturated rings. The van der Waals surface area contributed by atoms with Crippen LogP contribution in [0.3, 0.4) is 0 Å². The molecule has 0 aliphatic rings. The Morgan fingerprint density at radius 2 is 1.88 bits per heavy atom. The first-order chi connectivity index (χ1) is 7.81. The number of hydrogen-bond donors (Lipinski definition) is 1. The number of fused-ring (bicyclic) bond motifs is 1. The summed E-state index contributed by atoms with van der Waals surface area (Å²) >= 11 is 0. The highest BCUT2D eigenvalue weighted by molar-refractivity contribution is 7.49. The van der Waals surface area contributed by atoms with E-state index in [1.54, 1.807) is 0 Å². The Morgan fingerprint density at radius 1 is 1.12 bits per heavy atom. The molecule has 0 aromatic heterocycles. The van der Waals surface area contributed by atoms with Gasteiger partial charge in [0, 0.05) is 12.1 Å². The second-order valence-electron chi connectivity index (χ2n) is 3.58. The average molecular weight is 233 g/mol. The average Bonchev–Trinajstić information content (AvgIpc) is 2.30. The van der Waals surface area contributed by atoms with Crippen molar-refractivity contribution in [3.05, 3.63) is 42.5 Å². The van der Waals surface area contributed by atoms with E-state index in [9.17, 15) is 0 Å². The molecule has 2 aromatic rings. The molecule has 1 N–H and O–H groups in total. The molecule has 2 aromatic carbocycles. The molecule has 0 aliphatic heterocycles. The quantitative estimate of drug-likeness (QED) is 0.811. The topological polar surface area (TPSA) is 21.3 Å². The fraction of sp³-hybridized carbons (Fsp3) is 0.231. The summed E-state index contributed by atoms with van der Waals surface area (Å²) in [6, 6.07) is 14.5. The molecule has 84 valence electrons. The zero-order valence-corrected chi connectivity index (χ0v) is 10.5. The van der Waals surface area contributed by atoms with E-state index in [1.807, 2.05) is 24.3 Å². The maximum atomic E-state index is 5.92. The van der Waals surface area contributed by atoms with Crippen LogP contribution >= 0.6 is 8.30 Å². The molecule has 1 atom stereocenters. The summed E-state index contributed by atoms with van der Waals surface area (Å²) in [7, 11) is -0.580. The van der Waals surface area contributed by atoms with Gasteiger partial charge in [-0.2, -0.15) is 0 Å². The molecule has 0 amide bonds. The summed E-state index contributed by atoms with van der Waals surface area (Å²) in [5, 5.41) is 5.70. The molecular weight excluding hydrogens is 217 g/mol. The van der Waals surface area contributed by atoms with Gasteiger partial charge in [0.2, 0.25) is 0 Å². The molecule has 0 bridgehead atoms. The van der Waals surface area contributed by atoms with E-state index in [-0.39, 0.29) is 0 Å². The summed E-state index contributed by atoms with van der Waals surface area (Å²) in [6.45, 7) is 5.11. The Hall–Kier alpha value is -1.11. The van der Waals surface area contributed by atoms with E-state index >= 15 is 0 Å². The molecule has 0 saturated heterocycles. The van der Waals surface area contributed by atoms with Gasteiger partial charge in [0.25, 0.3) is 0 Å². The number of hydrogen-bond acceptors (Lipinski definition) is 2. The normalized spacial score (nSPS) is 12.6. The van der Waals surface area contributed by atoms with E-state index < -0.39 is 8.30 Å². The zero-order chi connectivity index (χ0) is 11.4. The number of rotatable bonds is 4. The fourth-order valence-electron chi connectivity index (χ4n) is 1.68. The summed E-state index contributed by atoms with van der Waals surface area (Å²) in [5.74, 6) is 0.965. The first-order valence-electron chi connectivity index (χ1n) is 5.44. The predicted molar refractivity (Wildman–Crippen MR) is 71.1 cm³/mol. The third-order valence-corrected chi connectivity index (χ3v) is 3.60. The Kier molecular flexibility index (Phi) is 3.76. The summed E-state index contributed by atoms with van der Waals surface area (Å²) < 4.78 is 5.92. The highest BCUT2D eigenvalue weighted by Gasteiger charge is 2.05. The van der Waals surface area contributed by atoms with Gasteiger partial charge in [-0.3, -0.25) is 5.09 Å². The lowest BCUT2D eigenvalue weighted by molar-refractivity contribution is 0.612. The van der Waals surface area contributed by atoms with Crippen LogP contribution in [0.4, 0.5) is 0 Å². The van der Waals surface area contributed by atoms with Crippen molar-refractivity contribution in [1.29, 1.82) is 0 Å². The van der Waals surface area contributed by atoms with Gasteiger partial charge < -0.3 is 4.52 Å². The van der Waals surface area contributed by atoms with Crippen LogP contribution in [0.5, 0.6) is 5.75 Å². The van der Waals surface area contributed by atoms with Crippen LogP contribution in [0.25, 0.3) is 10.8 Å². The van der Waals surface area contributed by atoms with Crippen molar-refractivity contribution in [3.63, 3.8) is 0 Å². The molecule has 3 heteroatoms. The second kappa shape index (κ2) is 5.29. The molecule has 0 radical (unpaired) electrons. The summed E-state index contributed by atoms with van der Waals surface area (Å²) in [5.41, 5.74) is 0. The highest BCUT2D eigenvalue weighted by Crippen LogP contribution is 2.34. The molecule has 2 rings (SSSR count). The van der Waals surface area contributed by atoms with E-state index in [0.29, 0.717) is 0 Å². The van der Waals surface area contributed by atoms with Gasteiger partial charge in [0.1, 0.15) is 5.75 Å². The van der Waals surface area contributed by atoms with Crippen molar-refractivity contribution in [2.24, 2.45) is 0 Å². The molecule has 0 aliphatic carbocycles. The van der Waals surface area contributed by atoms with E-state index in [0.717, 1.165) is 12.3 Å². The summed E-state index contributed by atoms with van der Waals surface area (Å²) in [4.78, 5) is 0. The molecule has 0 spiro atoms. The van der Waals surface area contributed by atoms with Crippen LogP contribution < -0.4 is 9.61 Å². The molecule has 2 nitrogen and oxygen atoms in total. The third kappa shape index (κ3) is 2.52. The van der Waals surface area contributed by atoms with Crippen molar-refractivity contribution in [2.45, 2.75) is 6.92 Å². The maximum Gasteiger partial charge on any atom is 0.157 e. The van der Waals surface area contributed by atoms with Crippen LogP contribution in [-0.4, -0.2) is 13.2 Å². The minimum absolute atomic E-state index is 0.580. The van der Waals surface area contributed by atoms with Crippen molar-refractivity contribution in [3.8, 4) is 5.75 Å². The molecule has 0 saturated carbocycles. The fourth-order valence-corrected chi connectivity index (χ4v) is 2.64. The summed E-state index contributed by atoms with van der Waals surface area (Å²) in [6.07, 6.45) is 0. The zero-order valence-electron chi connectivity index (χ0n) is 9.60. The minimum atomic E-state index is -0.580. The van der Waals surface area contributed by atoms with E-state index in [2.05, 4.69) is 36.9 Å². The monoisotopic (exact) mass is 233 g/mol. The molecular formula is C13H16NOP. The van der Waals surface area contributed by atoms with Gasteiger partial charge >= 0.3 is 0 Å². The smallest absolute Gasteiger partial charge is 0.157 e. The standard InChI is InChI=1S/C13H16NOP/c1-3-14-16(2)15-13-10-6-8-11-7-4-5-9-12(11)13/h4-10,14H,3H2,1-2H3. The molecule has 0 heterocycles. The Bertz CT molecular complexity index is 467. The largest absolute Gasteiger partial charge is 0.458 e. The van der Waals surface area contributed by atoms with Gasteiger partial charge in [-0.25, -0.2) is 0 Å². The lowest BCUT2D eigenvalue weighted by Crippen LogP contribution is -2.08. The van der Waals surface area contributed by atoms with Gasteiger partial charge in [-0.15, -0.1) is 0 Å². The Morgan fingerprint density at radius 3 is 2.69 bits per heavy atom. The molecule has 16 heavy (non-hydrogen) atoms. The minimum Gasteiger partial charge on any atom is -0.458 e. The van der Waals surface area contributed by atoms with Gasteiger partial charge in [-0.05, 0) is 18.0 Å². The van der Waals surface area contributed by atoms with Crippen molar-refractivity contribution in [2.75, 3.05) is 13.2 Å². The first-order valence-corrected chi connectivity index (χ1v) is 7.15. The van der Waals surface area contributed by atoms with E-state index in [4.69, 9.17) is 4.52 Å². The second-order valence-corrected chi connectivity index (χ2v) is 5.07. The highest BCUT2D eigenvalue weighted by atomic mass is 31.2. The van der Waals surface area contributed by atoms with Crippen molar-refractivity contribution >= 4 is 19.1 Å².